The Bertz CT molecular complexity index is 960. The highest BCUT2D eigenvalue weighted by Gasteiger charge is 2.43. The molecule has 2 heterocycles. The number of allylic oxidation sites excluding steroid dienone is 2. The summed E-state index contributed by atoms with van der Waals surface area (Å²) in [6, 6.07) is 0.129. The van der Waals surface area contributed by atoms with Gasteiger partial charge in [-0.25, -0.2) is 4.39 Å². The highest BCUT2D eigenvalue weighted by atomic mass is 32.1. The lowest BCUT2D eigenvalue weighted by molar-refractivity contribution is -0.273. The molecule has 2 aliphatic rings. The van der Waals surface area contributed by atoms with E-state index in [1.54, 1.807) is 0 Å². The maximum atomic E-state index is 14.9. The molecule has 0 saturated heterocycles. The smallest absolute Gasteiger partial charge is 0.494 e. The zero-order valence-corrected chi connectivity index (χ0v) is 16.0. The van der Waals surface area contributed by atoms with Gasteiger partial charge in [0.05, 0.1) is 25.1 Å². The van der Waals surface area contributed by atoms with Crippen LogP contribution in [0.5, 0.6) is 5.06 Å². The van der Waals surface area contributed by atoms with E-state index in [0.29, 0.717) is 11.3 Å². The van der Waals surface area contributed by atoms with E-state index >= 15 is 0 Å². The van der Waals surface area contributed by atoms with Crippen LogP contribution in [0.3, 0.4) is 0 Å². The Labute approximate surface area is 166 Å². The standard InChI is InChI=1S/C18H15F4NO5S/c1-8-10(6-13(24)25)15-11(3-4-12(27-2)16(15)19)23(8)17(26)9-5-14(29-7-9)28-18(20,21)22/h4-5,7,11H,3,6H2,1-2H3,(H,24,25). The SMILES string of the molecule is COC1=CCC2C(=C1F)C(CC(=O)O)=C(C)N2C(=O)c1csc(OC(F)(F)F)c1. The van der Waals surface area contributed by atoms with Gasteiger partial charge in [0, 0.05) is 22.7 Å². The molecule has 6 nitrogen and oxygen atoms in total. The van der Waals surface area contributed by atoms with Gasteiger partial charge in [0.1, 0.15) is 0 Å². The molecule has 0 saturated carbocycles. The molecule has 0 fully saturated rings. The topological polar surface area (TPSA) is 76.1 Å². The Hall–Kier alpha value is -2.82. The second kappa shape index (κ2) is 7.54. The number of ether oxygens (including phenoxy) is 2. The number of thiophene rings is 1. The van der Waals surface area contributed by atoms with Crippen LogP contribution >= 0.6 is 11.3 Å². The lowest BCUT2D eigenvalue weighted by Gasteiger charge is -2.28. The van der Waals surface area contributed by atoms with Crippen LogP contribution in [0.2, 0.25) is 0 Å². The molecule has 0 spiro atoms. The van der Waals surface area contributed by atoms with Gasteiger partial charge in [0.15, 0.2) is 16.6 Å². The Morgan fingerprint density at radius 3 is 2.66 bits per heavy atom. The summed E-state index contributed by atoms with van der Waals surface area (Å²) in [4.78, 5) is 25.5. The lowest BCUT2D eigenvalue weighted by atomic mass is 9.91. The zero-order valence-electron chi connectivity index (χ0n) is 15.2. The first-order valence-electron chi connectivity index (χ1n) is 8.27. The molecule has 1 aliphatic carbocycles. The van der Waals surface area contributed by atoms with Gasteiger partial charge in [-0.3, -0.25) is 9.59 Å². The minimum atomic E-state index is -4.90. The quantitative estimate of drug-likeness (QED) is 0.698. The van der Waals surface area contributed by atoms with E-state index in [1.165, 1.54) is 30.4 Å². The van der Waals surface area contributed by atoms with E-state index in [2.05, 4.69) is 4.74 Å². The number of carbonyl (C=O) groups is 2. The minimum Gasteiger partial charge on any atom is -0.494 e. The molecule has 156 valence electrons. The highest BCUT2D eigenvalue weighted by molar-refractivity contribution is 7.12. The summed E-state index contributed by atoms with van der Waals surface area (Å²) in [7, 11) is 1.27. The van der Waals surface area contributed by atoms with E-state index in [1.807, 2.05) is 0 Å². The normalized spacial score (nSPS) is 19.3. The van der Waals surface area contributed by atoms with Crippen molar-refractivity contribution in [3.8, 4) is 5.06 Å². The molecule has 1 atom stereocenters. The number of hydrogen-bond donors (Lipinski definition) is 1. The van der Waals surface area contributed by atoms with Crippen molar-refractivity contribution in [2.24, 2.45) is 0 Å². The molecule has 0 bridgehead atoms. The van der Waals surface area contributed by atoms with Crippen LogP contribution in [-0.4, -0.2) is 41.4 Å². The van der Waals surface area contributed by atoms with Crippen LogP contribution in [0.1, 0.15) is 30.1 Å². The number of alkyl halides is 3. The molecule has 1 aromatic heterocycles. The number of carbonyl (C=O) groups excluding carboxylic acids is 1. The summed E-state index contributed by atoms with van der Waals surface area (Å²) in [5.74, 6) is -2.71. The van der Waals surface area contributed by atoms with Gasteiger partial charge in [-0.1, -0.05) is 0 Å². The van der Waals surface area contributed by atoms with Gasteiger partial charge in [0.2, 0.25) is 0 Å². The maximum absolute atomic E-state index is 14.9. The average Bonchev–Trinajstić information content (AvgIpc) is 3.16. The summed E-state index contributed by atoms with van der Waals surface area (Å²) >= 11 is 0.592. The first kappa shape index (κ1) is 20.9. The number of rotatable bonds is 5. The number of amides is 1. The number of carboxylic acid groups (broad SMARTS) is 1. The van der Waals surface area contributed by atoms with Crippen molar-refractivity contribution in [2.45, 2.75) is 32.2 Å². The van der Waals surface area contributed by atoms with Gasteiger partial charge < -0.3 is 19.5 Å². The Morgan fingerprint density at radius 1 is 1.38 bits per heavy atom. The molecule has 0 aromatic carbocycles. The number of hydrogen-bond acceptors (Lipinski definition) is 5. The van der Waals surface area contributed by atoms with Crippen molar-refractivity contribution in [1.29, 1.82) is 0 Å². The van der Waals surface area contributed by atoms with E-state index in [-0.39, 0.29) is 34.6 Å². The zero-order chi connectivity index (χ0) is 21.5. The van der Waals surface area contributed by atoms with Crippen LogP contribution in [0, 0.1) is 0 Å². The third kappa shape index (κ3) is 4.00. The van der Waals surface area contributed by atoms with Gasteiger partial charge in [-0.15, -0.1) is 24.5 Å². The van der Waals surface area contributed by atoms with Crippen molar-refractivity contribution in [3.63, 3.8) is 0 Å². The maximum Gasteiger partial charge on any atom is 0.573 e. The van der Waals surface area contributed by atoms with Crippen molar-refractivity contribution >= 4 is 23.2 Å². The number of carboxylic acids is 1. The fourth-order valence-electron chi connectivity index (χ4n) is 3.42. The van der Waals surface area contributed by atoms with Gasteiger partial charge in [-0.2, -0.15) is 0 Å². The molecule has 3 rings (SSSR count). The van der Waals surface area contributed by atoms with Gasteiger partial charge in [0.25, 0.3) is 5.91 Å². The van der Waals surface area contributed by atoms with Crippen molar-refractivity contribution < 1.29 is 41.7 Å². The lowest BCUT2D eigenvalue weighted by Crippen LogP contribution is -2.36. The fourth-order valence-corrected chi connectivity index (χ4v) is 4.17. The Balaban J connectivity index is 1.99. The molecular formula is C18H15F4NO5S. The van der Waals surface area contributed by atoms with Crippen LogP contribution < -0.4 is 4.74 Å². The Morgan fingerprint density at radius 2 is 2.07 bits per heavy atom. The number of methoxy groups -OCH3 is 1. The molecule has 1 N–H and O–H groups in total. The van der Waals surface area contributed by atoms with Gasteiger partial charge in [-0.05, 0) is 25.0 Å². The third-order valence-electron chi connectivity index (χ3n) is 4.55. The van der Waals surface area contributed by atoms with Gasteiger partial charge >= 0.3 is 12.3 Å². The number of fused-ring (bicyclic) bond motifs is 1. The third-order valence-corrected chi connectivity index (χ3v) is 5.36. The number of halogens is 4. The van der Waals surface area contributed by atoms with E-state index in [9.17, 15) is 32.3 Å². The molecular weight excluding hydrogens is 418 g/mol. The predicted molar refractivity (Wildman–Crippen MR) is 93.8 cm³/mol. The van der Waals surface area contributed by atoms with Crippen molar-refractivity contribution in [1.82, 2.24) is 4.90 Å². The molecule has 1 aromatic rings. The second-order valence-electron chi connectivity index (χ2n) is 6.26. The summed E-state index contributed by atoms with van der Waals surface area (Å²) in [5.41, 5.74) is 0.326. The van der Waals surface area contributed by atoms with E-state index in [0.717, 1.165) is 6.07 Å². The molecule has 1 amide bonds. The van der Waals surface area contributed by atoms with Crippen LogP contribution in [0.4, 0.5) is 17.6 Å². The summed E-state index contributed by atoms with van der Waals surface area (Å²) in [6.07, 6.45) is -3.81. The van der Waals surface area contributed by atoms with E-state index in [4.69, 9.17) is 4.74 Å². The summed E-state index contributed by atoms with van der Waals surface area (Å²) < 4.78 is 60.8. The first-order valence-corrected chi connectivity index (χ1v) is 9.15. The largest absolute Gasteiger partial charge is 0.573 e. The molecule has 0 radical (unpaired) electrons. The van der Waals surface area contributed by atoms with Crippen LogP contribution in [-0.2, 0) is 9.53 Å². The molecule has 11 heteroatoms. The van der Waals surface area contributed by atoms with Crippen LogP contribution in [0.25, 0.3) is 0 Å². The van der Waals surface area contributed by atoms with Crippen molar-refractivity contribution in [2.75, 3.05) is 7.11 Å². The summed E-state index contributed by atoms with van der Waals surface area (Å²) in [6.45, 7) is 1.47. The van der Waals surface area contributed by atoms with E-state index < -0.39 is 41.6 Å². The highest BCUT2D eigenvalue weighted by Crippen LogP contribution is 2.44. The van der Waals surface area contributed by atoms with Crippen LogP contribution in [0.15, 0.2) is 46.0 Å². The average molecular weight is 433 g/mol. The molecule has 1 aliphatic heterocycles. The summed E-state index contributed by atoms with van der Waals surface area (Å²) in [5, 5.41) is 9.88. The molecule has 29 heavy (non-hydrogen) atoms. The Kier molecular flexibility index (Phi) is 5.44. The predicted octanol–water partition coefficient (Wildman–Crippen LogP) is 4.38. The molecule has 1 unspecified atom stereocenters. The first-order chi connectivity index (χ1) is 13.5. The number of aliphatic carboxylic acids is 1. The minimum absolute atomic E-state index is 0.0413. The second-order valence-corrected chi connectivity index (χ2v) is 7.14. The monoisotopic (exact) mass is 433 g/mol. The fraction of sp³-hybridized carbons (Fsp3) is 0.333. The number of nitrogens with zero attached hydrogens (tertiary/aromatic N) is 1. The van der Waals surface area contributed by atoms with Crippen molar-refractivity contribution in [3.05, 3.63) is 51.5 Å².